The molecule has 1 aliphatic rings. The Hall–Kier alpha value is -2.21. The van der Waals surface area contributed by atoms with Gasteiger partial charge in [0.1, 0.15) is 11.4 Å². The fourth-order valence-corrected chi connectivity index (χ4v) is 2.05. The number of nitrogen functional groups attached to an aromatic ring is 1. The van der Waals surface area contributed by atoms with E-state index in [0.717, 1.165) is 11.3 Å². The second-order valence-electron chi connectivity index (χ2n) is 4.46. The summed E-state index contributed by atoms with van der Waals surface area (Å²) in [5.41, 5.74) is 13.0. The number of pyridine rings is 1. The van der Waals surface area contributed by atoms with Crippen LogP contribution in [0.25, 0.3) is 6.08 Å². The van der Waals surface area contributed by atoms with Crippen LogP contribution in [0.1, 0.15) is 23.0 Å². The summed E-state index contributed by atoms with van der Waals surface area (Å²) < 4.78 is 5.42. The van der Waals surface area contributed by atoms with Gasteiger partial charge in [0.25, 0.3) is 0 Å². The average molecular weight is 243 g/mol. The van der Waals surface area contributed by atoms with Gasteiger partial charge in [-0.15, -0.1) is 10.2 Å². The molecular formula is C12H13N5O. The van der Waals surface area contributed by atoms with E-state index >= 15 is 0 Å². The van der Waals surface area contributed by atoms with E-state index in [9.17, 15) is 0 Å². The minimum absolute atomic E-state index is 0.415. The summed E-state index contributed by atoms with van der Waals surface area (Å²) in [6.07, 6.45) is 4.23. The van der Waals surface area contributed by atoms with E-state index in [-0.39, 0.29) is 0 Å². The van der Waals surface area contributed by atoms with Gasteiger partial charge in [0.2, 0.25) is 11.8 Å². The molecule has 1 unspecified atom stereocenters. The van der Waals surface area contributed by atoms with Gasteiger partial charge in [-0.25, -0.2) is 4.98 Å². The lowest BCUT2D eigenvalue weighted by Gasteiger charge is -2.26. The van der Waals surface area contributed by atoms with E-state index in [1.54, 1.807) is 13.0 Å². The van der Waals surface area contributed by atoms with Gasteiger partial charge in [-0.2, -0.15) is 0 Å². The highest BCUT2D eigenvalue weighted by molar-refractivity contribution is 5.58. The van der Waals surface area contributed by atoms with Crippen LogP contribution in [0.2, 0.25) is 0 Å². The normalized spacial score (nSPS) is 21.9. The number of fused-ring (bicyclic) bond motifs is 1. The van der Waals surface area contributed by atoms with Crippen LogP contribution in [0.15, 0.2) is 22.6 Å². The molecule has 2 aromatic rings. The van der Waals surface area contributed by atoms with Crippen LogP contribution in [0, 0.1) is 6.92 Å². The van der Waals surface area contributed by atoms with E-state index in [1.807, 2.05) is 18.2 Å². The fourth-order valence-electron chi connectivity index (χ4n) is 2.05. The Bertz CT molecular complexity index is 633. The third kappa shape index (κ3) is 1.67. The van der Waals surface area contributed by atoms with E-state index in [1.165, 1.54) is 0 Å². The molecule has 0 radical (unpaired) electrons. The zero-order valence-corrected chi connectivity index (χ0v) is 9.92. The molecule has 3 rings (SSSR count). The Morgan fingerprint density at radius 3 is 2.89 bits per heavy atom. The third-order valence-corrected chi connectivity index (χ3v) is 2.98. The summed E-state index contributed by atoms with van der Waals surface area (Å²) in [7, 11) is 0. The van der Waals surface area contributed by atoms with Crippen molar-refractivity contribution in [3.05, 3.63) is 41.2 Å². The molecule has 1 atom stereocenters. The summed E-state index contributed by atoms with van der Waals surface area (Å²) in [6.45, 7) is 1.74. The quantitative estimate of drug-likeness (QED) is 0.767. The number of aromatic nitrogens is 3. The predicted octanol–water partition coefficient (Wildman–Crippen LogP) is 0.779. The first-order chi connectivity index (χ1) is 8.57. The second kappa shape index (κ2) is 3.64. The highest BCUT2D eigenvalue weighted by Crippen LogP contribution is 2.30. The van der Waals surface area contributed by atoms with Crippen molar-refractivity contribution in [1.29, 1.82) is 0 Å². The van der Waals surface area contributed by atoms with Crippen molar-refractivity contribution in [2.75, 3.05) is 5.73 Å². The number of rotatable bonds is 1. The van der Waals surface area contributed by atoms with Crippen LogP contribution in [0.5, 0.6) is 0 Å². The van der Waals surface area contributed by atoms with Crippen molar-refractivity contribution in [3.63, 3.8) is 0 Å². The Labute approximate surface area is 104 Å². The van der Waals surface area contributed by atoms with Gasteiger partial charge in [0.15, 0.2) is 0 Å². The number of hydrogen-bond acceptors (Lipinski definition) is 6. The highest BCUT2D eigenvalue weighted by Gasteiger charge is 2.34. The molecule has 4 N–H and O–H groups in total. The molecular weight excluding hydrogens is 230 g/mol. The number of nitrogens with two attached hydrogens (primary N) is 2. The third-order valence-electron chi connectivity index (χ3n) is 2.98. The summed E-state index contributed by atoms with van der Waals surface area (Å²) in [5.74, 6) is 1.42. The Balaban J connectivity index is 2.02. The van der Waals surface area contributed by atoms with Crippen LogP contribution in [-0.2, 0) is 12.0 Å². The van der Waals surface area contributed by atoms with E-state index in [0.29, 0.717) is 24.0 Å². The molecule has 2 aromatic heterocycles. The smallest absolute Gasteiger partial charge is 0.240 e. The van der Waals surface area contributed by atoms with Crippen molar-refractivity contribution in [1.82, 2.24) is 15.2 Å². The standard InChI is InChI=1S/C12H13N5O/c1-7-16-17-11(18-7)12(14)5-4-9-8(6-12)2-3-10(13)15-9/h2-5H,6,14H2,1H3,(H2,13,15). The zero-order chi connectivity index (χ0) is 12.8. The number of hydrogen-bond donors (Lipinski definition) is 2. The lowest BCUT2D eigenvalue weighted by atomic mass is 9.86. The van der Waals surface area contributed by atoms with Gasteiger partial charge in [-0.3, -0.25) is 0 Å². The van der Waals surface area contributed by atoms with Crippen LogP contribution >= 0.6 is 0 Å². The summed E-state index contributed by atoms with van der Waals surface area (Å²) in [5, 5.41) is 7.80. The minimum atomic E-state index is -0.772. The van der Waals surface area contributed by atoms with Crippen molar-refractivity contribution in [2.45, 2.75) is 18.9 Å². The molecule has 92 valence electrons. The first kappa shape index (κ1) is 10.9. The maximum absolute atomic E-state index is 6.30. The molecule has 2 heterocycles. The topological polar surface area (TPSA) is 104 Å². The van der Waals surface area contributed by atoms with E-state index in [4.69, 9.17) is 15.9 Å². The molecule has 0 saturated heterocycles. The maximum Gasteiger partial charge on any atom is 0.240 e. The molecule has 0 bridgehead atoms. The molecule has 1 aliphatic carbocycles. The van der Waals surface area contributed by atoms with Crippen molar-refractivity contribution < 1.29 is 4.42 Å². The second-order valence-corrected chi connectivity index (χ2v) is 4.46. The molecule has 6 nitrogen and oxygen atoms in total. The van der Waals surface area contributed by atoms with Gasteiger partial charge in [0, 0.05) is 13.3 Å². The maximum atomic E-state index is 6.30. The van der Waals surface area contributed by atoms with Crippen LogP contribution in [0.4, 0.5) is 5.82 Å². The molecule has 0 spiro atoms. The molecule has 0 aromatic carbocycles. The van der Waals surface area contributed by atoms with Gasteiger partial charge in [-0.05, 0) is 17.7 Å². The van der Waals surface area contributed by atoms with Gasteiger partial charge in [0.05, 0.1) is 5.69 Å². The van der Waals surface area contributed by atoms with E-state index in [2.05, 4.69) is 15.2 Å². The Kier molecular flexibility index (Phi) is 2.21. The number of anilines is 1. The predicted molar refractivity (Wildman–Crippen MR) is 66.3 cm³/mol. The van der Waals surface area contributed by atoms with Gasteiger partial charge < -0.3 is 15.9 Å². The van der Waals surface area contributed by atoms with E-state index < -0.39 is 5.54 Å². The monoisotopic (exact) mass is 243 g/mol. The largest absolute Gasteiger partial charge is 0.423 e. The van der Waals surface area contributed by atoms with Crippen molar-refractivity contribution in [2.24, 2.45) is 5.73 Å². The minimum Gasteiger partial charge on any atom is -0.423 e. The number of aryl methyl sites for hydroxylation is 1. The highest BCUT2D eigenvalue weighted by atomic mass is 16.4. The fraction of sp³-hybridized carbons (Fsp3) is 0.250. The van der Waals surface area contributed by atoms with Gasteiger partial charge >= 0.3 is 0 Å². The lowest BCUT2D eigenvalue weighted by molar-refractivity contribution is 0.371. The van der Waals surface area contributed by atoms with Crippen molar-refractivity contribution >= 4 is 11.9 Å². The molecule has 0 saturated carbocycles. The first-order valence-corrected chi connectivity index (χ1v) is 5.61. The Morgan fingerprint density at radius 1 is 1.33 bits per heavy atom. The molecule has 0 aliphatic heterocycles. The molecule has 0 fully saturated rings. The molecule has 0 amide bonds. The lowest BCUT2D eigenvalue weighted by Crippen LogP contribution is -2.39. The Morgan fingerprint density at radius 2 is 2.17 bits per heavy atom. The number of nitrogens with zero attached hydrogens (tertiary/aromatic N) is 3. The summed E-state index contributed by atoms with van der Waals surface area (Å²) in [4.78, 5) is 4.25. The van der Waals surface area contributed by atoms with Crippen molar-refractivity contribution in [3.8, 4) is 0 Å². The molecule has 18 heavy (non-hydrogen) atoms. The average Bonchev–Trinajstić information content (AvgIpc) is 2.77. The zero-order valence-electron chi connectivity index (χ0n) is 9.92. The summed E-state index contributed by atoms with van der Waals surface area (Å²) in [6, 6.07) is 3.68. The van der Waals surface area contributed by atoms with Gasteiger partial charge in [-0.1, -0.05) is 12.1 Å². The summed E-state index contributed by atoms with van der Waals surface area (Å²) >= 11 is 0. The first-order valence-electron chi connectivity index (χ1n) is 5.61. The molecule has 6 heteroatoms. The van der Waals surface area contributed by atoms with Crippen LogP contribution < -0.4 is 11.5 Å². The van der Waals surface area contributed by atoms with Crippen LogP contribution in [-0.4, -0.2) is 15.2 Å². The van der Waals surface area contributed by atoms with Crippen LogP contribution in [0.3, 0.4) is 0 Å². The SMILES string of the molecule is Cc1nnc(C2(N)C=Cc3nc(N)ccc3C2)o1.